The van der Waals surface area contributed by atoms with E-state index in [0.717, 1.165) is 0 Å². The van der Waals surface area contributed by atoms with Gasteiger partial charge in [0.2, 0.25) is 0 Å². The van der Waals surface area contributed by atoms with Crippen LogP contribution >= 0.6 is 0 Å². The van der Waals surface area contributed by atoms with Crippen LogP contribution in [0.5, 0.6) is 0 Å². The van der Waals surface area contributed by atoms with Gasteiger partial charge in [0.05, 0.1) is 11.5 Å². The minimum atomic E-state index is -3.61. The maximum Gasteiger partial charge on any atom is 0.318 e. The minimum absolute atomic E-state index is 0.249. The summed E-state index contributed by atoms with van der Waals surface area (Å²) in [5, 5.41) is 16.7. The van der Waals surface area contributed by atoms with Crippen molar-refractivity contribution in [1.29, 1.82) is 0 Å². The standard InChI is InChI=1S/C10H18O8S2/c11-9(12)7-19(15,16)5-3-1-2-4-6-20(17,18)8-10(13)14/h1-8H2,(H,11,12)(H,13,14). The zero-order valence-electron chi connectivity index (χ0n) is 10.8. The molecule has 0 amide bonds. The summed E-state index contributed by atoms with van der Waals surface area (Å²) in [5.41, 5.74) is 0. The summed E-state index contributed by atoms with van der Waals surface area (Å²) in [6, 6.07) is 0. The summed E-state index contributed by atoms with van der Waals surface area (Å²) in [6.45, 7) is 0. The first kappa shape index (κ1) is 18.8. The lowest BCUT2D eigenvalue weighted by Gasteiger charge is -2.03. The summed E-state index contributed by atoms with van der Waals surface area (Å²) in [5.74, 6) is -5.10. The molecular weight excluding hydrogens is 312 g/mol. The van der Waals surface area contributed by atoms with Crippen LogP contribution in [0.4, 0.5) is 0 Å². The molecule has 0 saturated carbocycles. The SMILES string of the molecule is O=C(O)CS(=O)(=O)CCCCCCS(=O)(=O)CC(=O)O. The highest BCUT2D eigenvalue weighted by Gasteiger charge is 2.16. The van der Waals surface area contributed by atoms with E-state index in [1.54, 1.807) is 0 Å². The molecule has 0 aliphatic carbocycles. The zero-order chi connectivity index (χ0) is 15.8. The van der Waals surface area contributed by atoms with E-state index in [-0.39, 0.29) is 24.3 Å². The largest absolute Gasteiger partial charge is 0.480 e. The fourth-order valence-electron chi connectivity index (χ4n) is 1.52. The quantitative estimate of drug-likeness (QED) is 0.485. The van der Waals surface area contributed by atoms with Crippen LogP contribution in [0.25, 0.3) is 0 Å². The van der Waals surface area contributed by atoms with Gasteiger partial charge in [-0.15, -0.1) is 0 Å². The Morgan fingerprint density at radius 3 is 1.20 bits per heavy atom. The molecule has 0 heterocycles. The number of sulfone groups is 2. The number of carboxylic acids is 2. The van der Waals surface area contributed by atoms with Gasteiger partial charge in [0.1, 0.15) is 11.5 Å². The van der Waals surface area contributed by atoms with Gasteiger partial charge in [-0.2, -0.15) is 0 Å². The second kappa shape index (κ2) is 8.20. The van der Waals surface area contributed by atoms with Crippen LogP contribution < -0.4 is 0 Å². The van der Waals surface area contributed by atoms with E-state index in [2.05, 4.69) is 0 Å². The molecule has 0 fully saturated rings. The van der Waals surface area contributed by atoms with Crippen LogP contribution in [0.15, 0.2) is 0 Å². The number of carboxylic acid groups (broad SMARTS) is 2. The van der Waals surface area contributed by atoms with Gasteiger partial charge >= 0.3 is 11.9 Å². The van der Waals surface area contributed by atoms with Crippen molar-refractivity contribution in [2.45, 2.75) is 25.7 Å². The van der Waals surface area contributed by atoms with E-state index in [0.29, 0.717) is 12.8 Å². The van der Waals surface area contributed by atoms with Gasteiger partial charge in [-0.3, -0.25) is 9.59 Å². The summed E-state index contributed by atoms with van der Waals surface area (Å²) >= 11 is 0. The highest BCUT2D eigenvalue weighted by molar-refractivity contribution is 7.92. The lowest BCUT2D eigenvalue weighted by Crippen LogP contribution is -2.19. The number of unbranched alkanes of at least 4 members (excludes halogenated alkanes) is 3. The Kier molecular flexibility index (Phi) is 7.72. The van der Waals surface area contributed by atoms with Crippen LogP contribution in [-0.2, 0) is 29.3 Å². The summed E-state index contributed by atoms with van der Waals surface area (Å²) < 4.78 is 44.8. The average molecular weight is 330 g/mol. The monoisotopic (exact) mass is 330 g/mol. The Hall–Kier alpha value is -1.16. The highest BCUT2D eigenvalue weighted by Crippen LogP contribution is 2.05. The van der Waals surface area contributed by atoms with Crippen molar-refractivity contribution in [2.75, 3.05) is 23.0 Å². The predicted octanol–water partition coefficient (Wildman–Crippen LogP) is -0.454. The Morgan fingerprint density at radius 1 is 0.650 bits per heavy atom. The van der Waals surface area contributed by atoms with Crippen LogP contribution in [0.1, 0.15) is 25.7 Å². The van der Waals surface area contributed by atoms with E-state index in [9.17, 15) is 26.4 Å². The third-order valence-electron chi connectivity index (χ3n) is 2.35. The molecule has 20 heavy (non-hydrogen) atoms. The molecule has 8 nitrogen and oxygen atoms in total. The Balaban J connectivity index is 3.84. The van der Waals surface area contributed by atoms with E-state index in [1.807, 2.05) is 0 Å². The number of hydrogen-bond acceptors (Lipinski definition) is 6. The molecular formula is C10H18O8S2. The average Bonchev–Trinajstić information content (AvgIpc) is 2.19. The molecule has 0 aliphatic rings. The lowest BCUT2D eigenvalue weighted by molar-refractivity contribution is -0.135. The van der Waals surface area contributed by atoms with Crippen LogP contribution in [-0.4, -0.2) is 62.0 Å². The summed E-state index contributed by atoms with van der Waals surface area (Å²) in [7, 11) is -7.22. The van der Waals surface area contributed by atoms with Crippen LogP contribution in [0.3, 0.4) is 0 Å². The minimum Gasteiger partial charge on any atom is -0.480 e. The molecule has 0 rings (SSSR count). The van der Waals surface area contributed by atoms with Gasteiger partial charge in [0, 0.05) is 0 Å². The van der Waals surface area contributed by atoms with E-state index in [4.69, 9.17) is 10.2 Å². The number of carbonyl (C=O) groups is 2. The van der Waals surface area contributed by atoms with Crippen molar-refractivity contribution in [3.05, 3.63) is 0 Å². The molecule has 0 unspecified atom stereocenters. The summed E-state index contributed by atoms with van der Waals surface area (Å²) in [4.78, 5) is 20.5. The molecule has 118 valence electrons. The molecule has 10 heteroatoms. The third kappa shape index (κ3) is 10.7. The van der Waals surface area contributed by atoms with Gasteiger partial charge in [-0.05, 0) is 12.8 Å². The lowest BCUT2D eigenvalue weighted by atomic mass is 10.2. The van der Waals surface area contributed by atoms with Gasteiger partial charge in [-0.1, -0.05) is 12.8 Å². The van der Waals surface area contributed by atoms with Gasteiger partial charge in [0.15, 0.2) is 19.7 Å². The first-order chi connectivity index (χ1) is 9.04. The second-order valence-electron chi connectivity index (χ2n) is 4.39. The van der Waals surface area contributed by atoms with Gasteiger partial charge < -0.3 is 10.2 Å². The van der Waals surface area contributed by atoms with E-state index < -0.39 is 43.1 Å². The van der Waals surface area contributed by atoms with Crippen molar-refractivity contribution in [3.8, 4) is 0 Å². The molecule has 0 aromatic rings. The molecule has 0 atom stereocenters. The Morgan fingerprint density at radius 2 is 0.950 bits per heavy atom. The van der Waals surface area contributed by atoms with E-state index >= 15 is 0 Å². The van der Waals surface area contributed by atoms with Crippen molar-refractivity contribution in [3.63, 3.8) is 0 Å². The van der Waals surface area contributed by atoms with Crippen molar-refractivity contribution < 1.29 is 36.6 Å². The molecule has 0 aromatic carbocycles. The predicted molar refractivity (Wildman–Crippen MR) is 71.0 cm³/mol. The summed E-state index contributed by atoms with van der Waals surface area (Å²) in [6.07, 6.45) is 1.41. The fourth-order valence-corrected chi connectivity index (χ4v) is 3.85. The van der Waals surface area contributed by atoms with Gasteiger partial charge in [0.25, 0.3) is 0 Å². The Labute approximate surface area is 117 Å². The molecule has 2 N–H and O–H groups in total. The molecule has 0 radical (unpaired) electrons. The third-order valence-corrected chi connectivity index (χ3v) is 5.54. The van der Waals surface area contributed by atoms with Crippen molar-refractivity contribution in [2.24, 2.45) is 0 Å². The maximum atomic E-state index is 11.2. The molecule has 0 saturated heterocycles. The topological polar surface area (TPSA) is 143 Å². The first-order valence-corrected chi connectivity index (χ1v) is 9.53. The van der Waals surface area contributed by atoms with Crippen LogP contribution in [0.2, 0.25) is 0 Å². The van der Waals surface area contributed by atoms with Crippen molar-refractivity contribution >= 4 is 31.6 Å². The smallest absolute Gasteiger partial charge is 0.318 e. The van der Waals surface area contributed by atoms with Crippen LogP contribution in [0, 0.1) is 0 Å². The first-order valence-electron chi connectivity index (χ1n) is 5.88. The van der Waals surface area contributed by atoms with E-state index in [1.165, 1.54) is 0 Å². The molecule has 0 bridgehead atoms. The Bertz CT molecular complexity index is 482. The molecule has 0 aromatic heterocycles. The molecule has 0 aliphatic heterocycles. The number of hydrogen-bond donors (Lipinski definition) is 2. The second-order valence-corrected chi connectivity index (χ2v) is 8.75. The molecule has 0 spiro atoms. The normalized spacial score (nSPS) is 12.2. The highest BCUT2D eigenvalue weighted by atomic mass is 32.2. The fraction of sp³-hybridized carbons (Fsp3) is 0.800. The number of rotatable bonds is 11. The van der Waals surface area contributed by atoms with Gasteiger partial charge in [-0.25, -0.2) is 16.8 Å². The zero-order valence-corrected chi connectivity index (χ0v) is 12.5. The van der Waals surface area contributed by atoms with Crippen molar-refractivity contribution in [1.82, 2.24) is 0 Å². The maximum absolute atomic E-state index is 11.2. The number of aliphatic carboxylic acids is 2.